The van der Waals surface area contributed by atoms with E-state index < -0.39 is 0 Å². The minimum atomic E-state index is -0.265. The van der Waals surface area contributed by atoms with E-state index in [4.69, 9.17) is 0 Å². The average molecular weight is 266 g/mol. The highest BCUT2D eigenvalue weighted by Gasteiger charge is 2.29. The van der Waals surface area contributed by atoms with Gasteiger partial charge in [-0.2, -0.15) is 0 Å². The van der Waals surface area contributed by atoms with Gasteiger partial charge in [-0.15, -0.1) is 11.8 Å². The van der Waals surface area contributed by atoms with Crippen molar-refractivity contribution >= 4 is 17.7 Å². The molecule has 0 bridgehead atoms. The molecular weight excluding hydrogens is 248 g/mol. The van der Waals surface area contributed by atoms with Crippen molar-refractivity contribution in [2.24, 2.45) is 5.92 Å². The SMILES string of the molecule is CSc1ncccc1C(=O)NCCC(O)C1CC1. The quantitative estimate of drug-likeness (QED) is 0.769. The molecule has 1 heterocycles. The molecule has 1 aliphatic carbocycles. The van der Waals surface area contributed by atoms with Gasteiger partial charge in [-0.3, -0.25) is 4.79 Å². The van der Waals surface area contributed by atoms with Crippen molar-refractivity contribution in [1.82, 2.24) is 10.3 Å². The smallest absolute Gasteiger partial charge is 0.254 e. The van der Waals surface area contributed by atoms with Gasteiger partial charge in [0.2, 0.25) is 0 Å². The van der Waals surface area contributed by atoms with Crippen LogP contribution in [0.15, 0.2) is 23.4 Å². The first-order valence-corrected chi connectivity index (χ1v) is 7.40. The van der Waals surface area contributed by atoms with Gasteiger partial charge < -0.3 is 10.4 Å². The molecule has 1 aromatic rings. The lowest BCUT2D eigenvalue weighted by molar-refractivity contribution is 0.0933. The summed E-state index contributed by atoms with van der Waals surface area (Å²) in [6, 6.07) is 3.53. The lowest BCUT2D eigenvalue weighted by atomic mass is 10.1. The Bertz CT molecular complexity index is 421. The second-order valence-corrected chi connectivity index (χ2v) is 5.30. The number of hydrogen-bond acceptors (Lipinski definition) is 4. The maximum absolute atomic E-state index is 11.9. The highest BCUT2D eigenvalue weighted by Crippen LogP contribution is 2.33. The summed E-state index contributed by atoms with van der Waals surface area (Å²) in [6.07, 6.45) is 6.18. The second kappa shape index (κ2) is 6.20. The molecular formula is C13H18N2O2S. The summed E-state index contributed by atoms with van der Waals surface area (Å²) < 4.78 is 0. The second-order valence-electron chi connectivity index (χ2n) is 4.51. The van der Waals surface area contributed by atoms with Crippen LogP contribution < -0.4 is 5.32 Å². The number of hydrogen-bond donors (Lipinski definition) is 2. The predicted octanol–water partition coefficient (Wildman–Crippen LogP) is 1.69. The van der Waals surface area contributed by atoms with Crippen molar-refractivity contribution in [3.05, 3.63) is 23.9 Å². The van der Waals surface area contributed by atoms with E-state index in [-0.39, 0.29) is 12.0 Å². The molecule has 1 amide bonds. The fourth-order valence-electron chi connectivity index (χ4n) is 1.87. The molecule has 0 radical (unpaired) electrons. The van der Waals surface area contributed by atoms with Crippen LogP contribution in [-0.2, 0) is 0 Å². The number of aliphatic hydroxyl groups is 1. The Morgan fingerprint density at radius 1 is 1.67 bits per heavy atom. The van der Waals surface area contributed by atoms with Crippen molar-refractivity contribution in [1.29, 1.82) is 0 Å². The Kier molecular flexibility index (Phi) is 4.60. The summed E-state index contributed by atoms with van der Waals surface area (Å²) in [5, 5.41) is 13.3. The fourth-order valence-corrected chi connectivity index (χ4v) is 2.42. The monoisotopic (exact) mass is 266 g/mol. The van der Waals surface area contributed by atoms with Gasteiger partial charge >= 0.3 is 0 Å². The summed E-state index contributed by atoms with van der Waals surface area (Å²) >= 11 is 1.46. The number of carbonyl (C=O) groups excluding carboxylic acids is 1. The molecule has 1 fully saturated rings. The van der Waals surface area contributed by atoms with E-state index in [2.05, 4.69) is 10.3 Å². The average Bonchev–Trinajstić information content (AvgIpc) is 3.22. The molecule has 0 aromatic carbocycles. The number of aromatic nitrogens is 1. The summed E-state index contributed by atoms with van der Waals surface area (Å²) in [4.78, 5) is 16.1. The van der Waals surface area contributed by atoms with Crippen molar-refractivity contribution < 1.29 is 9.90 Å². The maximum Gasteiger partial charge on any atom is 0.254 e. The third kappa shape index (κ3) is 3.46. The maximum atomic E-state index is 11.9. The van der Waals surface area contributed by atoms with Crippen LogP contribution in [0.3, 0.4) is 0 Å². The van der Waals surface area contributed by atoms with Crippen LogP contribution in [0.4, 0.5) is 0 Å². The number of pyridine rings is 1. The third-order valence-corrected chi connectivity index (χ3v) is 3.81. The van der Waals surface area contributed by atoms with Gasteiger partial charge in [0, 0.05) is 12.7 Å². The Labute approximate surface area is 111 Å². The standard InChI is InChI=1S/C13H18N2O2S/c1-18-13-10(3-2-7-15-13)12(17)14-8-6-11(16)9-4-5-9/h2-3,7,9,11,16H,4-6,8H2,1H3,(H,14,17). The Balaban J connectivity index is 1.83. The van der Waals surface area contributed by atoms with E-state index in [1.165, 1.54) is 11.8 Å². The molecule has 2 N–H and O–H groups in total. The number of carbonyl (C=O) groups is 1. The molecule has 4 nitrogen and oxygen atoms in total. The summed E-state index contributed by atoms with van der Waals surface area (Å²) in [5.41, 5.74) is 0.603. The normalized spacial score (nSPS) is 16.3. The van der Waals surface area contributed by atoms with Crippen LogP contribution in [0.2, 0.25) is 0 Å². The highest BCUT2D eigenvalue weighted by molar-refractivity contribution is 7.98. The number of amides is 1. The Morgan fingerprint density at radius 2 is 2.44 bits per heavy atom. The van der Waals surface area contributed by atoms with Crippen LogP contribution in [0.5, 0.6) is 0 Å². The highest BCUT2D eigenvalue weighted by atomic mass is 32.2. The topological polar surface area (TPSA) is 62.2 Å². The molecule has 0 spiro atoms. The predicted molar refractivity (Wildman–Crippen MR) is 71.7 cm³/mol. The van der Waals surface area contributed by atoms with Crippen molar-refractivity contribution in [3.63, 3.8) is 0 Å². The molecule has 1 atom stereocenters. The molecule has 1 aromatic heterocycles. The zero-order valence-corrected chi connectivity index (χ0v) is 11.2. The minimum absolute atomic E-state index is 0.115. The first kappa shape index (κ1) is 13.4. The van der Waals surface area contributed by atoms with Gasteiger partial charge in [0.25, 0.3) is 5.91 Å². The molecule has 98 valence electrons. The van der Waals surface area contributed by atoms with E-state index in [1.807, 2.05) is 6.26 Å². The van der Waals surface area contributed by atoms with E-state index in [9.17, 15) is 9.90 Å². The van der Waals surface area contributed by atoms with Crippen molar-refractivity contribution in [3.8, 4) is 0 Å². The number of nitrogens with zero attached hydrogens (tertiary/aromatic N) is 1. The van der Waals surface area contributed by atoms with Gasteiger partial charge in [0.1, 0.15) is 5.03 Å². The summed E-state index contributed by atoms with van der Waals surface area (Å²) in [7, 11) is 0. The molecule has 2 rings (SSSR count). The van der Waals surface area contributed by atoms with E-state index in [0.717, 1.165) is 17.9 Å². The lowest BCUT2D eigenvalue weighted by Gasteiger charge is -2.11. The molecule has 5 heteroatoms. The molecule has 0 saturated heterocycles. The number of aliphatic hydroxyl groups excluding tert-OH is 1. The van der Waals surface area contributed by atoms with Crippen LogP contribution in [0, 0.1) is 5.92 Å². The molecule has 1 saturated carbocycles. The van der Waals surface area contributed by atoms with Gasteiger partial charge in [-0.1, -0.05) is 0 Å². The molecule has 1 aliphatic rings. The van der Waals surface area contributed by atoms with Crippen LogP contribution in [0.25, 0.3) is 0 Å². The Morgan fingerprint density at radius 3 is 3.11 bits per heavy atom. The number of rotatable bonds is 6. The third-order valence-electron chi connectivity index (χ3n) is 3.10. The minimum Gasteiger partial charge on any atom is -0.393 e. The van der Waals surface area contributed by atoms with Crippen LogP contribution >= 0.6 is 11.8 Å². The van der Waals surface area contributed by atoms with E-state index in [1.54, 1.807) is 18.3 Å². The number of thioether (sulfide) groups is 1. The first-order chi connectivity index (χ1) is 8.72. The zero-order valence-electron chi connectivity index (χ0n) is 10.4. The van der Waals surface area contributed by atoms with E-state index in [0.29, 0.717) is 24.4 Å². The molecule has 1 unspecified atom stereocenters. The fraction of sp³-hybridized carbons (Fsp3) is 0.538. The van der Waals surface area contributed by atoms with Crippen molar-refractivity contribution in [2.75, 3.05) is 12.8 Å². The molecule has 0 aliphatic heterocycles. The molecule has 18 heavy (non-hydrogen) atoms. The Hall–Kier alpha value is -1.07. The van der Waals surface area contributed by atoms with Crippen LogP contribution in [-0.4, -0.2) is 34.9 Å². The summed E-state index contributed by atoms with van der Waals surface area (Å²) in [6.45, 7) is 0.513. The zero-order chi connectivity index (χ0) is 13.0. The largest absolute Gasteiger partial charge is 0.393 e. The van der Waals surface area contributed by atoms with Crippen LogP contribution in [0.1, 0.15) is 29.6 Å². The van der Waals surface area contributed by atoms with Gasteiger partial charge in [-0.25, -0.2) is 4.98 Å². The van der Waals surface area contributed by atoms with Gasteiger partial charge in [-0.05, 0) is 43.6 Å². The van der Waals surface area contributed by atoms with Gasteiger partial charge in [0.05, 0.1) is 11.7 Å². The number of nitrogens with one attached hydrogen (secondary N) is 1. The summed E-state index contributed by atoms with van der Waals surface area (Å²) in [5.74, 6) is 0.345. The lowest BCUT2D eigenvalue weighted by Crippen LogP contribution is -2.28. The first-order valence-electron chi connectivity index (χ1n) is 6.17. The van der Waals surface area contributed by atoms with Crippen molar-refractivity contribution in [2.45, 2.75) is 30.4 Å². The van der Waals surface area contributed by atoms with E-state index >= 15 is 0 Å². The van der Waals surface area contributed by atoms with Gasteiger partial charge in [0.15, 0.2) is 0 Å².